The number of amides is 2. The number of nitrogens with one attached hydrogen (secondary N) is 3. The first kappa shape index (κ1) is 24.7. The Morgan fingerprint density at radius 3 is 2.21 bits per heavy atom. The number of rotatable bonds is 9. The van der Waals surface area contributed by atoms with Crippen molar-refractivity contribution in [1.82, 2.24) is 5.32 Å². The molecule has 0 unspecified atom stereocenters. The van der Waals surface area contributed by atoms with E-state index in [1.807, 2.05) is 44.2 Å². The van der Waals surface area contributed by atoms with E-state index in [0.29, 0.717) is 29.3 Å². The summed E-state index contributed by atoms with van der Waals surface area (Å²) in [6.07, 6.45) is 0. The minimum absolute atomic E-state index is 0.0844. The number of para-hydroxylation sites is 2. The predicted octanol–water partition coefficient (Wildman–Crippen LogP) is 4.87. The molecule has 7 nitrogen and oxygen atoms in total. The van der Waals surface area contributed by atoms with Gasteiger partial charge in [0.05, 0.1) is 5.56 Å². The summed E-state index contributed by atoms with van der Waals surface area (Å²) in [5.41, 5.74) is 1.62. The van der Waals surface area contributed by atoms with Crippen LogP contribution < -0.4 is 25.4 Å². The topological polar surface area (TPSA) is 88.7 Å². The molecule has 34 heavy (non-hydrogen) atoms. The van der Waals surface area contributed by atoms with Gasteiger partial charge >= 0.3 is 0 Å². The molecule has 0 spiro atoms. The van der Waals surface area contributed by atoms with E-state index in [4.69, 9.17) is 21.7 Å². The maximum Gasteiger partial charge on any atom is 0.261 e. The molecular formula is C26H27N3O4S. The Morgan fingerprint density at radius 2 is 1.47 bits per heavy atom. The van der Waals surface area contributed by atoms with E-state index < -0.39 is 5.91 Å². The molecule has 2 amide bonds. The molecular weight excluding hydrogens is 450 g/mol. The minimum Gasteiger partial charge on any atom is -0.490 e. The van der Waals surface area contributed by atoms with Crippen LogP contribution in [0, 0.1) is 5.92 Å². The van der Waals surface area contributed by atoms with Crippen LogP contribution in [0.1, 0.15) is 24.2 Å². The number of carbonyl (C=O) groups excluding carboxylic acids is 2. The van der Waals surface area contributed by atoms with E-state index in [0.717, 1.165) is 5.75 Å². The molecule has 0 bridgehead atoms. The van der Waals surface area contributed by atoms with Gasteiger partial charge in [0.1, 0.15) is 24.7 Å². The van der Waals surface area contributed by atoms with Crippen LogP contribution in [0.3, 0.4) is 0 Å². The SMILES string of the molecule is CC(C)C(=O)Nc1cccc(NC(=S)NC(=O)c2ccccc2OCCOc2ccccc2)c1. The molecule has 0 aromatic heterocycles. The smallest absolute Gasteiger partial charge is 0.261 e. The third-order valence-corrected chi connectivity index (χ3v) is 4.83. The largest absolute Gasteiger partial charge is 0.490 e. The molecule has 0 aliphatic rings. The summed E-state index contributed by atoms with van der Waals surface area (Å²) in [5, 5.41) is 8.58. The molecule has 176 valence electrons. The Labute approximate surface area is 204 Å². The lowest BCUT2D eigenvalue weighted by Crippen LogP contribution is -2.34. The van der Waals surface area contributed by atoms with Gasteiger partial charge in [0, 0.05) is 17.3 Å². The summed E-state index contributed by atoms with van der Waals surface area (Å²) in [5.74, 6) is 0.559. The van der Waals surface area contributed by atoms with Crippen LogP contribution in [0.4, 0.5) is 11.4 Å². The molecule has 0 saturated heterocycles. The highest BCUT2D eigenvalue weighted by Gasteiger charge is 2.14. The summed E-state index contributed by atoms with van der Waals surface area (Å²) in [6, 6.07) is 23.4. The fourth-order valence-corrected chi connectivity index (χ4v) is 3.11. The Bertz CT molecular complexity index is 1140. The lowest BCUT2D eigenvalue weighted by Gasteiger charge is -2.14. The normalized spacial score (nSPS) is 10.3. The van der Waals surface area contributed by atoms with Crippen LogP contribution >= 0.6 is 12.2 Å². The highest BCUT2D eigenvalue weighted by Crippen LogP contribution is 2.19. The third kappa shape index (κ3) is 7.60. The highest BCUT2D eigenvalue weighted by atomic mass is 32.1. The van der Waals surface area contributed by atoms with E-state index >= 15 is 0 Å². The van der Waals surface area contributed by atoms with Crippen LogP contribution in [-0.4, -0.2) is 30.1 Å². The predicted molar refractivity (Wildman–Crippen MR) is 137 cm³/mol. The van der Waals surface area contributed by atoms with Crippen molar-refractivity contribution in [2.45, 2.75) is 13.8 Å². The van der Waals surface area contributed by atoms with Crippen LogP contribution in [0.15, 0.2) is 78.9 Å². The Hall–Kier alpha value is -3.91. The molecule has 3 N–H and O–H groups in total. The van der Waals surface area contributed by atoms with Gasteiger partial charge in [-0.3, -0.25) is 14.9 Å². The van der Waals surface area contributed by atoms with E-state index in [2.05, 4.69) is 16.0 Å². The minimum atomic E-state index is -0.402. The molecule has 0 fully saturated rings. The van der Waals surface area contributed by atoms with Gasteiger partial charge in [-0.1, -0.05) is 50.2 Å². The summed E-state index contributed by atoms with van der Waals surface area (Å²) in [4.78, 5) is 24.7. The van der Waals surface area contributed by atoms with E-state index in [9.17, 15) is 9.59 Å². The summed E-state index contributed by atoms with van der Waals surface area (Å²) in [7, 11) is 0. The van der Waals surface area contributed by atoms with Crippen LogP contribution in [0.5, 0.6) is 11.5 Å². The van der Waals surface area contributed by atoms with Gasteiger partial charge in [0.15, 0.2) is 5.11 Å². The number of carbonyl (C=O) groups is 2. The van der Waals surface area contributed by atoms with Gasteiger partial charge in [-0.25, -0.2) is 0 Å². The Balaban J connectivity index is 1.54. The van der Waals surface area contributed by atoms with Crippen molar-refractivity contribution in [2.24, 2.45) is 5.92 Å². The average Bonchev–Trinajstić information content (AvgIpc) is 2.82. The second-order valence-corrected chi connectivity index (χ2v) is 8.05. The first-order chi connectivity index (χ1) is 16.4. The zero-order valence-corrected chi connectivity index (χ0v) is 19.9. The summed E-state index contributed by atoms with van der Waals surface area (Å²) < 4.78 is 11.4. The zero-order chi connectivity index (χ0) is 24.3. The number of benzene rings is 3. The lowest BCUT2D eigenvalue weighted by atomic mass is 10.2. The molecule has 0 radical (unpaired) electrons. The number of thiocarbonyl (C=S) groups is 1. The average molecular weight is 478 g/mol. The Kier molecular flexibility index (Phi) is 8.99. The van der Waals surface area contributed by atoms with E-state index in [1.165, 1.54) is 0 Å². The Morgan fingerprint density at radius 1 is 0.824 bits per heavy atom. The van der Waals surface area contributed by atoms with Gasteiger partial charge in [0.2, 0.25) is 5.91 Å². The molecule has 0 aliphatic heterocycles. The summed E-state index contributed by atoms with van der Waals surface area (Å²) >= 11 is 5.30. The zero-order valence-electron chi connectivity index (χ0n) is 19.0. The second-order valence-electron chi connectivity index (χ2n) is 7.64. The van der Waals surface area contributed by atoms with E-state index in [-0.39, 0.29) is 23.5 Å². The molecule has 3 aromatic rings. The molecule has 0 aliphatic carbocycles. The van der Waals surface area contributed by atoms with Crippen molar-refractivity contribution in [2.75, 3.05) is 23.8 Å². The van der Waals surface area contributed by atoms with Crippen molar-refractivity contribution in [1.29, 1.82) is 0 Å². The van der Waals surface area contributed by atoms with E-state index in [1.54, 1.807) is 48.5 Å². The number of ether oxygens (including phenoxy) is 2. The quantitative estimate of drug-likeness (QED) is 0.301. The summed E-state index contributed by atoms with van der Waals surface area (Å²) in [6.45, 7) is 4.25. The first-order valence-electron chi connectivity index (χ1n) is 10.9. The van der Waals surface area contributed by atoms with Gasteiger partial charge in [-0.2, -0.15) is 0 Å². The molecule has 3 rings (SSSR count). The maximum absolute atomic E-state index is 12.8. The molecule has 8 heteroatoms. The fraction of sp³-hybridized carbons (Fsp3) is 0.192. The lowest BCUT2D eigenvalue weighted by molar-refractivity contribution is -0.118. The standard InChI is InChI=1S/C26H27N3O4S/c1-18(2)24(30)27-19-9-8-10-20(17-19)28-26(34)29-25(31)22-13-6-7-14-23(22)33-16-15-32-21-11-4-3-5-12-21/h3-14,17-18H,15-16H2,1-2H3,(H,27,30)(H2,28,29,31,34). The molecule has 3 aromatic carbocycles. The van der Waals surface area contributed by atoms with Gasteiger partial charge in [-0.15, -0.1) is 0 Å². The van der Waals surface area contributed by atoms with Crippen molar-refractivity contribution in [3.63, 3.8) is 0 Å². The molecule has 0 atom stereocenters. The van der Waals surface area contributed by atoms with Crippen molar-refractivity contribution in [3.05, 3.63) is 84.4 Å². The third-order valence-electron chi connectivity index (χ3n) is 4.62. The van der Waals surface area contributed by atoms with Crippen molar-refractivity contribution < 1.29 is 19.1 Å². The van der Waals surface area contributed by atoms with Gasteiger partial charge in [0.25, 0.3) is 5.91 Å². The number of hydrogen-bond donors (Lipinski definition) is 3. The van der Waals surface area contributed by atoms with Crippen LogP contribution in [-0.2, 0) is 4.79 Å². The maximum atomic E-state index is 12.8. The van der Waals surface area contributed by atoms with Crippen molar-refractivity contribution >= 4 is 40.5 Å². The van der Waals surface area contributed by atoms with Crippen LogP contribution in [0.2, 0.25) is 0 Å². The number of hydrogen-bond acceptors (Lipinski definition) is 5. The van der Waals surface area contributed by atoms with Crippen molar-refractivity contribution in [3.8, 4) is 11.5 Å². The van der Waals surface area contributed by atoms with Gasteiger partial charge in [-0.05, 0) is 54.7 Å². The monoisotopic (exact) mass is 477 g/mol. The molecule has 0 saturated carbocycles. The molecule has 0 heterocycles. The van der Waals surface area contributed by atoms with Crippen LogP contribution in [0.25, 0.3) is 0 Å². The fourth-order valence-electron chi connectivity index (χ4n) is 2.90. The highest BCUT2D eigenvalue weighted by molar-refractivity contribution is 7.80. The number of anilines is 2. The van der Waals surface area contributed by atoms with Gasteiger partial charge < -0.3 is 20.1 Å². The second kappa shape index (κ2) is 12.4. The first-order valence-corrected chi connectivity index (χ1v) is 11.3.